The number of nitrogens with zero attached hydrogens (tertiary/aromatic N) is 2. The summed E-state index contributed by atoms with van der Waals surface area (Å²) in [5.41, 5.74) is 0. The highest BCUT2D eigenvalue weighted by molar-refractivity contribution is 5.79. The molecule has 0 spiro atoms. The van der Waals surface area contributed by atoms with Gasteiger partial charge in [0, 0.05) is 39.4 Å². The van der Waals surface area contributed by atoms with Gasteiger partial charge in [-0.15, -0.1) is 0 Å². The minimum absolute atomic E-state index is 0.521. The lowest BCUT2D eigenvalue weighted by Gasteiger charge is -2.27. The van der Waals surface area contributed by atoms with E-state index >= 15 is 0 Å². The number of likely N-dealkylation sites (N-methyl/N-ethyl adjacent to an activating group) is 1. The molecular formula is C17H38N4O. The number of guanidine groups is 1. The second-order valence-corrected chi connectivity index (χ2v) is 6.95. The summed E-state index contributed by atoms with van der Waals surface area (Å²) in [5, 5.41) is 6.77. The van der Waals surface area contributed by atoms with Crippen LogP contribution in [-0.2, 0) is 4.74 Å². The van der Waals surface area contributed by atoms with Crippen molar-refractivity contribution in [2.75, 3.05) is 47.4 Å². The Balaban J connectivity index is 3.91. The smallest absolute Gasteiger partial charge is 0.191 e. The number of aliphatic imine (C=N–C) groups is 1. The number of hydrogen-bond donors (Lipinski definition) is 2. The fraction of sp³-hybridized carbons (Fsp3) is 0.941. The SMILES string of the molecule is CN=C(NCCCOCC(C)C)NCC(CC(C)C)N(C)C. The maximum atomic E-state index is 5.58. The van der Waals surface area contributed by atoms with Crippen molar-refractivity contribution in [2.45, 2.75) is 46.6 Å². The fourth-order valence-corrected chi connectivity index (χ4v) is 2.16. The van der Waals surface area contributed by atoms with Gasteiger partial charge in [-0.25, -0.2) is 0 Å². The molecule has 0 aliphatic carbocycles. The minimum Gasteiger partial charge on any atom is -0.381 e. The zero-order valence-corrected chi connectivity index (χ0v) is 15.8. The normalized spacial score (nSPS) is 14.0. The van der Waals surface area contributed by atoms with Crippen molar-refractivity contribution in [3.05, 3.63) is 0 Å². The van der Waals surface area contributed by atoms with Gasteiger partial charge in [0.1, 0.15) is 0 Å². The average molecular weight is 315 g/mol. The molecule has 0 saturated carbocycles. The van der Waals surface area contributed by atoms with Gasteiger partial charge in [-0.1, -0.05) is 27.7 Å². The molecule has 0 radical (unpaired) electrons. The van der Waals surface area contributed by atoms with Crippen LogP contribution in [0, 0.1) is 11.8 Å². The van der Waals surface area contributed by atoms with Crippen molar-refractivity contribution in [1.82, 2.24) is 15.5 Å². The van der Waals surface area contributed by atoms with Crippen LogP contribution in [0.25, 0.3) is 0 Å². The molecular weight excluding hydrogens is 276 g/mol. The van der Waals surface area contributed by atoms with Gasteiger partial charge in [-0.3, -0.25) is 4.99 Å². The lowest BCUT2D eigenvalue weighted by molar-refractivity contribution is 0.108. The summed E-state index contributed by atoms with van der Waals surface area (Å²) in [6.07, 6.45) is 2.18. The molecule has 5 nitrogen and oxygen atoms in total. The van der Waals surface area contributed by atoms with Crippen molar-refractivity contribution < 1.29 is 4.74 Å². The quantitative estimate of drug-likeness (QED) is 0.349. The van der Waals surface area contributed by atoms with Gasteiger partial charge in [0.05, 0.1) is 0 Å². The molecule has 5 heteroatoms. The molecule has 0 heterocycles. The Morgan fingerprint density at radius 2 is 1.77 bits per heavy atom. The van der Waals surface area contributed by atoms with Gasteiger partial charge in [0.15, 0.2) is 5.96 Å². The van der Waals surface area contributed by atoms with Gasteiger partial charge in [-0.2, -0.15) is 0 Å². The Kier molecular flexibility index (Phi) is 12.2. The number of nitrogens with one attached hydrogen (secondary N) is 2. The lowest BCUT2D eigenvalue weighted by atomic mass is 10.0. The number of rotatable bonds is 11. The summed E-state index contributed by atoms with van der Waals surface area (Å²) < 4.78 is 5.58. The molecule has 0 aromatic rings. The van der Waals surface area contributed by atoms with Gasteiger partial charge in [0.2, 0.25) is 0 Å². The van der Waals surface area contributed by atoms with E-state index in [-0.39, 0.29) is 0 Å². The van der Waals surface area contributed by atoms with Gasteiger partial charge in [-0.05, 0) is 38.8 Å². The maximum Gasteiger partial charge on any atom is 0.191 e. The van der Waals surface area contributed by atoms with Crippen LogP contribution in [0.2, 0.25) is 0 Å². The molecule has 0 aliphatic heterocycles. The first kappa shape index (κ1) is 21.2. The van der Waals surface area contributed by atoms with E-state index in [9.17, 15) is 0 Å². The van der Waals surface area contributed by atoms with Crippen LogP contribution >= 0.6 is 0 Å². The largest absolute Gasteiger partial charge is 0.381 e. The van der Waals surface area contributed by atoms with Crippen molar-refractivity contribution in [3.63, 3.8) is 0 Å². The standard InChI is InChI=1S/C17H38N4O/c1-14(2)11-16(21(6)7)12-20-17(18-5)19-9-8-10-22-13-15(3)4/h14-16H,8-13H2,1-7H3,(H2,18,19,20). The summed E-state index contributed by atoms with van der Waals surface area (Å²) in [7, 11) is 6.09. The van der Waals surface area contributed by atoms with E-state index in [2.05, 4.69) is 62.3 Å². The van der Waals surface area contributed by atoms with Crippen LogP contribution in [0.15, 0.2) is 4.99 Å². The highest BCUT2D eigenvalue weighted by atomic mass is 16.5. The molecule has 0 aromatic heterocycles. The molecule has 0 rings (SSSR count). The summed E-state index contributed by atoms with van der Waals surface area (Å²) in [6, 6.07) is 0.521. The summed E-state index contributed by atoms with van der Waals surface area (Å²) >= 11 is 0. The van der Waals surface area contributed by atoms with E-state index in [0.29, 0.717) is 17.9 Å². The first-order chi connectivity index (χ1) is 10.4. The predicted molar refractivity (Wildman–Crippen MR) is 96.6 cm³/mol. The molecule has 22 heavy (non-hydrogen) atoms. The highest BCUT2D eigenvalue weighted by Gasteiger charge is 2.13. The van der Waals surface area contributed by atoms with Crippen molar-refractivity contribution in [3.8, 4) is 0 Å². The third-order valence-electron chi connectivity index (χ3n) is 3.41. The Morgan fingerprint density at radius 3 is 2.27 bits per heavy atom. The molecule has 1 unspecified atom stereocenters. The molecule has 0 aromatic carbocycles. The van der Waals surface area contributed by atoms with E-state index in [4.69, 9.17) is 4.74 Å². The average Bonchev–Trinajstić information content (AvgIpc) is 2.43. The first-order valence-electron chi connectivity index (χ1n) is 8.55. The third-order valence-corrected chi connectivity index (χ3v) is 3.41. The van der Waals surface area contributed by atoms with E-state index in [1.807, 2.05) is 7.05 Å². The van der Waals surface area contributed by atoms with Gasteiger partial charge >= 0.3 is 0 Å². The Morgan fingerprint density at radius 1 is 1.09 bits per heavy atom. The number of ether oxygens (including phenoxy) is 1. The maximum absolute atomic E-state index is 5.58. The van der Waals surface area contributed by atoms with Crippen LogP contribution in [0.5, 0.6) is 0 Å². The minimum atomic E-state index is 0.521. The summed E-state index contributed by atoms with van der Waals surface area (Å²) in [6.45, 7) is 12.3. The van der Waals surface area contributed by atoms with E-state index in [1.165, 1.54) is 6.42 Å². The first-order valence-corrected chi connectivity index (χ1v) is 8.55. The van der Waals surface area contributed by atoms with Crippen LogP contribution in [0.3, 0.4) is 0 Å². The zero-order valence-electron chi connectivity index (χ0n) is 15.8. The van der Waals surface area contributed by atoms with Crippen LogP contribution in [0.1, 0.15) is 40.5 Å². The molecule has 0 bridgehead atoms. The van der Waals surface area contributed by atoms with Crippen LogP contribution in [-0.4, -0.2) is 64.3 Å². The van der Waals surface area contributed by atoms with Crippen molar-refractivity contribution in [2.24, 2.45) is 16.8 Å². The topological polar surface area (TPSA) is 48.9 Å². The van der Waals surface area contributed by atoms with Crippen LogP contribution in [0.4, 0.5) is 0 Å². The van der Waals surface area contributed by atoms with E-state index in [1.54, 1.807) is 0 Å². The Labute approximate surface area is 137 Å². The second kappa shape index (κ2) is 12.7. The van der Waals surface area contributed by atoms with Crippen molar-refractivity contribution in [1.29, 1.82) is 0 Å². The molecule has 0 aliphatic rings. The molecule has 2 N–H and O–H groups in total. The monoisotopic (exact) mass is 314 g/mol. The molecule has 0 fully saturated rings. The molecule has 0 amide bonds. The highest BCUT2D eigenvalue weighted by Crippen LogP contribution is 2.07. The fourth-order valence-electron chi connectivity index (χ4n) is 2.16. The summed E-state index contributed by atoms with van der Waals surface area (Å²) in [5.74, 6) is 2.17. The molecule has 1 atom stereocenters. The van der Waals surface area contributed by atoms with E-state index < -0.39 is 0 Å². The lowest BCUT2D eigenvalue weighted by Crippen LogP contribution is -2.45. The Bertz CT molecular complexity index is 290. The van der Waals surface area contributed by atoms with Gasteiger partial charge in [0.25, 0.3) is 0 Å². The predicted octanol–water partition coefficient (Wildman–Crippen LogP) is 2.19. The molecule has 132 valence electrons. The zero-order chi connectivity index (χ0) is 17.0. The van der Waals surface area contributed by atoms with Gasteiger partial charge < -0.3 is 20.3 Å². The number of hydrogen-bond acceptors (Lipinski definition) is 3. The van der Waals surface area contributed by atoms with Crippen molar-refractivity contribution >= 4 is 5.96 Å². The van der Waals surface area contributed by atoms with Crippen LogP contribution < -0.4 is 10.6 Å². The molecule has 0 saturated heterocycles. The third kappa shape index (κ3) is 11.8. The van der Waals surface area contributed by atoms with E-state index in [0.717, 1.165) is 38.7 Å². The second-order valence-electron chi connectivity index (χ2n) is 6.95. The Hall–Kier alpha value is -0.810. The summed E-state index contributed by atoms with van der Waals surface area (Å²) in [4.78, 5) is 6.56.